The van der Waals surface area contributed by atoms with Crippen molar-refractivity contribution < 1.29 is 4.79 Å². The van der Waals surface area contributed by atoms with Gasteiger partial charge in [-0.15, -0.1) is 0 Å². The smallest absolute Gasteiger partial charge is 0.239 e. The maximum Gasteiger partial charge on any atom is 0.239 e. The van der Waals surface area contributed by atoms with Gasteiger partial charge in [-0.05, 0) is 25.6 Å². The first-order valence-electron chi connectivity index (χ1n) is 4.73. The molecule has 1 N–H and O–H groups in total. The summed E-state index contributed by atoms with van der Waals surface area (Å²) in [6.45, 7) is 1.85. The van der Waals surface area contributed by atoms with E-state index in [1.54, 1.807) is 11.8 Å². The summed E-state index contributed by atoms with van der Waals surface area (Å²) in [6.07, 6.45) is 4.20. The molecule has 0 bridgehead atoms. The van der Waals surface area contributed by atoms with E-state index in [1.165, 1.54) is 0 Å². The highest BCUT2D eigenvalue weighted by Crippen LogP contribution is 2.07. The molecule has 0 radical (unpaired) electrons. The van der Waals surface area contributed by atoms with Crippen LogP contribution in [0.1, 0.15) is 12.8 Å². The van der Waals surface area contributed by atoms with Crippen LogP contribution in [0.4, 0.5) is 0 Å². The van der Waals surface area contributed by atoms with E-state index in [-0.39, 0.29) is 11.9 Å². The molecule has 1 saturated heterocycles. The fourth-order valence-electron chi connectivity index (χ4n) is 1.50. The number of likely N-dealkylation sites (N-methyl/N-ethyl adjacent to an activating group) is 1. The first-order valence-corrected chi connectivity index (χ1v) is 6.12. The lowest BCUT2D eigenvalue weighted by atomic mass is 10.2. The van der Waals surface area contributed by atoms with Gasteiger partial charge in [0.2, 0.25) is 5.91 Å². The molecule has 0 aromatic heterocycles. The van der Waals surface area contributed by atoms with Crippen LogP contribution in [0.2, 0.25) is 0 Å². The maximum absolute atomic E-state index is 11.7. The third-order valence-corrected chi connectivity index (χ3v) is 2.96. The Bertz CT molecular complexity index is 169. The highest BCUT2D eigenvalue weighted by atomic mass is 32.2. The summed E-state index contributed by atoms with van der Waals surface area (Å²) < 4.78 is 0. The van der Waals surface area contributed by atoms with Gasteiger partial charge < -0.3 is 10.2 Å². The predicted molar refractivity (Wildman–Crippen MR) is 57.0 cm³/mol. The lowest BCUT2D eigenvalue weighted by Crippen LogP contribution is -2.42. The molecule has 76 valence electrons. The summed E-state index contributed by atoms with van der Waals surface area (Å²) in [5, 5.41) is 3.22. The number of thioether (sulfide) groups is 1. The largest absolute Gasteiger partial charge is 0.344 e. The van der Waals surface area contributed by atoms with Crippen molar-refractivity contribution in [3.63, 3.8) is 0 Å². The Hall–Kier alpha value is -0.220. The minimum Gasteiger partial charge on any atom is -0.344 e. The quantitative estimate of drug-likeness (QED) is 0.723. The van der Waals surface area contributed by atoms with Crippen LogP contribution >= 0.6 is 11.8 Å². The van der Waals surface area contributed by atoms with Crippen molar-refractivity contribution in [2.75, 3.05) is 32.1 Å². The molecule has 0 saturated carbocycles. The summed E-state index contributed by atoms with van der Waals surface area (Å²) in [5.41, 5.74) is 0. The Morgan fingerprint density at radius 3 is 3.00 bits per heavy atom. The number of rotatable bonds is 4. The van der Waals surface area contributed by atoms with Crippen molar-refractivity contribution in [1.29, 1.82) is 0 Å². The molecule has 0 aliphatic carbocycles. The van der Waals surface area contributed by atoms with Crippen molar-refractivity contribution in [3.8, 4) is 0 Å². The summed E-state index contributed by atoms with van der Waals surface area (Å²) in [7, 11) is 1.89. The number of carbonyl (C=O) groups is 1. The summed E-state index contributed by atoms with van der Waals surface area (Å²) in [5.74, 6) is 1.28. The van der Waals surface area contributed by atoms with Crippen LogP contribution in [0.15, 0.2) is 0 Å². The van der Waals surface area contributed by atoms with Gasteiger partial charge in [-0.3, -0.25) is 4.79 Å². The number of nitrogens with zero attached hydrogens (tertiary/aromatic N) is 1. The van der Waals surface area contributed by atoms with Crippen LogP contribution in [0.25, 0.3) is 0 Å². The molecule has 0 unspecified atom stereocenters. The first-order chi connectivity index (χ1) is 6.25. The van der Waals surface area contributed by atoms with Crippen LogP contribution in [-0.4, -0.2) is 49.0 Å². The first kappa shape index (κ1) is 10.9. The number of hydrogen-bond donors (Lipinski definition) is 1. The van der Waals surface area contributed by atoms with Crippen molar-refractivity contribution in [3.05, 3.63) is 0 Å². The lowest BCUT2D eigenvalue weighted by molar-refractivity contribution is -0.131. The minimum atomic E-state index is 0.0897. The second-order valence-corrected chi connectivity index (χ2v) is 4.39. The van der Waals surface area contributed by atoms with E-state index in [9.17, 15) is 4.79 Å². The molecule has 1 rings (SSSR count). The number of nitrogens with one attached hydrogen (secondary N) is 1. The SMILES string of the molecule is CSCCN(C)C(=O)[C@H]1CCCN1. The molecular weight excluding hydrogens is 184 g/mol. The van der Waals surface area contributed by atoms with Crippen LogP contribution in [0.3, 0.4) is 0 Å². The topological polar surface area (TPSA) is 32.3 Å². The maximum atomic E-state index is 11.7. The summed E-state index contributed by atoms with van der Waals surface area (Å²) >= 11 is 1.78. The fourth-order valence-corrected chi connectivity index (χ4v) is 1.96. The minimum absolute atomic E-state index is 0.0897. The van der Waals surface area contributed by atoms with Gasteiger partial charge >= 0.3 is 0 Å². The van der Waals surface area contributed by atoms with Crippen LogP contribution in [0.5, 0.6) is 0 Å². The molecule has 0 spiro atoms. The molecule has 0 aromatic rings. The average Bonchev–Trinajstić information content (AvgIpc) is 2.65. The van der Waals surface area contributed by atoms with Crippen molar-refractivity contribution in [2.45, 2.75) is 18.9 Å². The van der Waals surface area contributed by atoms with Gasteiger partial charge in [0.05, 0.1) is 6.04 Å². The molecule has 13 heavy (non-hydrogen) atoms. The van der Waals surface area contributed by atoms with Crippen LogP contribution in [-0.2, 0) is 4.79 Å². The van der Waals surface area contributed by atoms with E-state index in [1.807, 2.05) is 11.9 Å². The Morgan fingerprint density at radius 1 is 1.69 bits per heavy atom. The third kappa shape index (κ3) is 3.19. The normalized spacial score (nSPS) is 21.8. The van der Waals surface area contributed by atoms with E-state index in [0.29, 0.717) is 0 Å². The zero-order valence-electron chi connectivity index (χ0n) is 8.38. The van der Waals surface area contributed by atoms with E-state index in [4.69, 9.17) is 0 Å². The van der Waals surface area contributed by atoms with E-state index in [0.717, 1.165) is 31.7 Å². The van der Waals surface area contributed by atoms with Gasteiger partial charge in [0.1, 0.15) is 0 Å². The number of amides is 1. The van der Waals surface area contributed by atoms with Gasteiger partial charge in [0.15, 0.2) is 0 Å². The lowest BCUT2D eigenvalue weighted by Gasteiger charge is -2.20. The Labute approximate surface area is 84.2 Å². The second kappa shape index (κ2) is 5.50. The van der Waals surface area contributed by atoms with Gasteiger partial charge in [-0.25, -0.2) is 0 Å². The molecule has 4 heteroatoms. The second-order valence-electron chi connectivity index (χ2n) is 3.40. The highest BCUT2D eigenvalue weighted by Gasteiger charge is 2.24. The molecule has 3 nitrogen and oxygen atoms in total. The standard InChI is InChI=1S/C9H18N2OS/c1-11(6-7-13-2)9(12)8-4-3-5-10-8/h8,10H,3-7H2,1-2H3/t8-/m1/s1. The molecule has 1 atom stereocenters. The Balaban J connectivity index is 2.28. The highest BCUT2D eigenvalue weighted by molar-refractivity contribution is 7.98. The van der Waals surface area contributed by atoms with E-state index < -0.39 is 0 Å². The molecule has 1 heterocycles. The van der Waals surface area contributed by atoms with Gasteiger partial charge in [0, 0.05) is 19.3 Å². The Kier molecular flexibility index (Phi) is 4.59. The molecule has 1 amide bonds. The average molecular weight is 202 g/mol. The van der Waals surface area contributed by atoms with Crippen LogP contribution in [0, 0.1) is 0 Å². The number of carbonyl (C=O) groups excluding carboxylic acids is 1. The summed E-state index contributed by atoms with van der Waals surface area (Å²) in [6, 6.07) is 0.0897. The third-order valence-electron chi connectivity index (χ3n) is 2.37. The molecular formula is C9H18N2OS. The number of hydrogen-bond acceptors (Lipinski definition) is 3. The van der Waals surface area contributed by atoms with E-state index in [2.05, 4.69) is 11.6 Å². The molecule has 0 aromatic carbocycles. The predicted octanol–water partition coefficient (Wildman–Crippen LogP) is 0.560. The molecule has 1 aliphatic heterocycles. The molecule has 1 fully saturated rings. The van der Waals surface area contributed by atoms with Crippen molar-refractivity contribution >= 4 is 17.7 Å². The van der Waals surface area contributed by atoms with Crippen LogP contribution < -0.4 is 5.32 Å². The molecule has 1 aliphatic rings. The zero-order valence-corrected chi connectivity index (χ0v) is 9.19. The monoisotopic (exact) mass is 202 g/mol. The summed E-state index contributed by atoms with van der Waals surface area (Å²) in [4.78, 5) is 13.5. The fraction of sp³-hybridized carbons (Fsp3) is 0.889. The van der Waals surface area contributed by atoms with Gasteiger partial charge in [-0.1, -0.05) is 0 Å². The van der Waals surface area contributed by atoms with E-state index >= 15 is 0 Å². The van der Waals surface area contributed by atoms with Crippen molar-refractivity contribution in [1.82, 2.24) is 10.2 Å². The van der Waals surface area contributed by atoms with Gasteiger partial charge in [-0.2, -0.15) is 11.8 Å². The Morgan fingerprint density at radius 2 is 2.46 bits per heavy atom. The van der Waals surface area contributed by atoms with Gasteiger partial charge in [0.25, 0.3) is 0 Å². The zero-order chi connectivity index (χ0) is 9.68. The van der Waals surface area contributed by atoms with Crippen molar-refractivity contribution in [2.24, 2.45) is 0 Å².